The maximum atomic E-state index is 11.7. The first-order valence-electron chi connectivity index (χ1n) is 7.63. The zero-order valence-corrected chi connectivity index (χ0v) is 14.4. The van der Waals surface area contributed by atoms with Crippen molar-refractivity contribution in [1.29, 1.82) is 0 Å². The van der Waals surface area contributed by atoms with Crippen LogP contribution in [-0.4, -0.2) is 24.0 Å². The summed E-state index contributed by atoms with van der Waals surface area (Å²) in [5, 5.41) is 2.78. The molecule has 0 radical (unpaired) electrons. The second-order valence-electron chi connectivity index (χ2n) is 5.19. The van der Waals surface area contributed by atoms with Gasteiger partial charge in [-0.25, -0.2) is 0 Å². The lowest BCUT2D eigenvalue weighted by molar-refractivity contribution is -0.118. The molecule has 0 aliphatic rings. The summed E-state index contributed by atoms with van der Waals surface area (Å²) in [6.45, 7) is 1.85. The number of amides is 1. The molecule has 0 saturated carbocycles. The molecule has 0 heterocycles. The second-order valence-corrected chi connectivity index (χ2v) is 6.18. The average Bonchev–Trinajstić information content (AvgIpc) is 2.60. The summed E-state index contributed by atoms with van der Waals surface area (Å²) in [6, 6.07) is 17.2. The lowest BCUT2D eigenvalue weighted by atomic mass is 10.1. The summed E-state index contributed by atoms with van der Waals surface area (Å²) in [5.41, 5.74) is 2.71. The van der Waals surface area contributed by atoms with Gasteiger partial charge in [0.15, 0.2) is 5.78 Å². The van der Waals surface area contributed by atoms with Crippen LogP contribution in [0.4, 0.5) is 0 Å². The van der Waals surface area contributed by atoms with E-state index in [0.717, 1.165) is 11.3 Å². The second kappa shape index (κ2) is 9.59. The Hall–Kier alpha value is -2.51. The fourth-order valence-corrected chi connectivity index (χ4v) is 2.78. The van der Waals surface area contributed by atoms with Gasteiger partial charge in [-0.15, -0.1) is 11.8 Å². The zero-order chi connectivity index (χ0) is 17.2. The van der Waals surface area contributed by atoms with E-state index >= 15 is 0 Å². The summed E-state index contributed by atoms with van der Waals surface area (Å²) < 4.78 is 0. The number of hydrogen-bond acceptors (Lipinski definition) is 3. The van der Waals surface area contributed by atoms with Crippen molar-refractivity contribution in [2.24, 2.45) is 0 Å². The van der Waals surface area contributed by atoms with Crippen molar-refractivity contribution in [2.75, 3.05) is 12.3 Å². The third-order valence-corrected chi connectivity index (χ3v) is 4.25. The van der Waals surface area contributed by atoms with Crippen LogP contribution in [0.3, 0.4) is 0 Å². The molecule has 1 amide bonds. The summed E-state index contributed by atoms with van der Waals surface area (Å²) in [6.07, 6.45) is 0. The van der Waals surface area contributed by atoms with Crippen LogP contribution in [0.1, 0.15) is 28.4 Å². The fraction of sp³-hybridized carbons (Fsp3) is 0.200. The summed E-state index contributed by atoms with van der Waals surface area (Å²) in [4.78, 5) is 22.9. The standard InChI is InChI=1S/C20H19NO2S/c1-16(22)19-11-9-17(10-12-19)8-5-13-21-20(23)15-24-14-18-6-3-2-4-7-18/h2-4,6-7,9-12H,13-15H2,1H3,(H,21,23). The minimum Gasteiger partial charge on any atom is -0.344 e. The molecule has 3 nitrogen and oxygen atoms in total. The summed E-state index contributed by atoms with van der Waals surface area (Å²) >= 11 is 1.58. The molecule has 24 heavy (non-hydrogen) atoms. The maximum absolute atomic E-state index is 11.7. The lowest BCUT2D eigenvalue weighted by Gasteiger charge is -2.02. The van der Waals surface area contributed by atoms with Crippen molar-refractivity contribution >= 4 is 23.5 Å². The zero-order valence-electron chi connectivity index (χ0n) is 13.5. The lowest BCUT2D eigenvalue weighted by Crippen LogP contribution is -2.25. The first kappa shape index (κ1) is 17.8. The van der Waals surface area contributed by atoms with Gasteiger partial charge in [-0.1, -0.05) is 54.3 Å². The quantitative estimate of drug-likeness (QED) is 0.650. The average molecular weight is 337 g/mol. The Morgan fingerprint density at radius 1 is 1.04 bits per heavy atom. The van der Waals surface area contributed by atoms with Gasteiger partial charge >= 0.3 is 0 Å². The number of rotatable bonds is 6. The SMILES string of the molecule is CC(=O)c1ccc(C#CCNC(=O)CSCc2ccccc2)cc1. The Bertz CT molecular complexity index is 743. The van der Waals surface area contributed by atoms with Crippen LogP contribution in [-0.2, 0) is 10.5 Å². The Balaban J connectivity index is 1.68. The molecule has 122 valence electrons. The molecule has 2 aromatic carbocycles. The monoisotopic (exact) mass is 337 g/mol. The number of carbonyl (C=O) groups is 2. The Labute approximate surface area is 146 Å². The fourth-order valence-electron chi connectivity index (χ4n) is 1.96. The minimum atomic E-state index is -0.0165. The molecule has 0 aliphatic heterocycles. The molecule has 0 aromatic heterocycles. The normalized spacial score (nSPS) is 9.71. The number of Topliss-reactive ketones (excluding diaryl/α,β-unsaturated/α-hetero) is 1. The van der Waals surface area contributed by atoms with E-state index in [4.69, 9.17) is 0 Å². The predicted octanol–water partition coefficient (Wildman–Crippen LogP) is 3.29. The molecular weight excluding hydrogens is 318 g/mol. The van der Waals surface area contributed by atoms with Crippen molar-refractivity contribution < 1.29 is 9.59 Å². The molecule has 0 bridgehead atoms. The third kappa shape index (κ3) is 6.31. The number of ketones is 1. The van der Waals surface area contributed by atoms with Gasteiger partial charge in [0.1, 0.15) is 0 Å². The summed E-state index contributed by atoms with van der Waals surface area (Å²) in [7, 11) is 0. The van der Waals surface area contributed by atoms with Crippen molar-refractivity contribution in [2.45, 2.75) is 12.7 Å². The van der Waals surface area contributed by atoms with E-state index in [2.05, 4.69) is 17.2 Å². The van der Waals surface area contributed by atoms with Crippen molar-refractivity contribution in [3.8, 4) is 11.8 Å². The van der Waals surface area contributed by atoms with Gasteiger partial charge in [0.2, 0.25) is 5.91 Å². The van der Waals surface area contributed by atoms with Crippen molar-refractivity contribution in [3.63, 3.8) is 0 Å². The first-order chi connectivity index (χ1) is 11.6. The molecule has 0 fully saturated rings. The van der Waals surface area contributed by atoms with E-state index in [1.54, 1.807) is 36.0 Å². The number of hydrogen-bond donors (Lipinski definition) is 1. The molecule has 0 saturated heterocycles. The van der Waals surface area contributed by atoms with Gasteiger partial charge in [-0.3, -0.25) is 9.59 Å². The van der Waals surface area contributed by atoms with Gasteiger partial charge in [-0.05, 0) is 24.6 Å². The first-order valence-corrected chi connectivity index (χ1v) is 8.79. The van der Waals surface area contributed by atoms with Gasteiger partial charge in [0.25, 0.3) is 0 Å². The molecule has 0 unspecified atom stereocenters. The Morgan fingerprint density at radius 2 is 1.75 bits per heavy atom. The van der Waals surface area contributed by atoms with E-state index < -0.39 is 0 Å². The number of carbonyl (C=O) groups excluding carboxylic acids is 2. The largest absolute Gasteiger partial charge is 0.344 e. The number of nitrogens with one attached hydrogen (secondary N) is 1. The van der Waals surface area contributed by atoms with Crippen LogP contribution in [0.5, 0.6) is 0 Å². The maximum Gasteiger partial charge on any atom is 0.230 e. The van der Waals surface area contributed by atoms with E-state index in [-0.39, 0.29) is 11.7 Å². The van der Waals surface area contributed by atoms with Gasteiger partial charge in [0.05, 0.1) is 12.3 Å². The Morgan fingerprint density at radius 3 is 2.42 bits per heavy atom. The molecule has 1 N–H and O–H groups in total. The summed E-state index contributed by atoms with van der Waals surface area (Å²) in [5.74, 6) is 7.14. The predicted molar refractivity (Wildman–Crippen MR) is 98.9 cm³/mol. The molecule has 0 atom stereocenters. The van der Waals surface area contributed by atoms with Crippen molar-refractivity contribution in [3.05, 3.63) is 71.3 Å². The van der Waals surface area contributed by atoms with Crippen molar-refractivity contribution in [1.82, 2.24) is 5.32 Å². The highest BCUT2D eigenvalue weighted by Gasteiger charge is 2.00. The van der Waals surface area contributed by atoms with Gasteiger partial charge in [0, 0.05) is 16.9 Å². The number of thioether (sulfide) groups is 1. The van der Waals surface area contributed by atoms with Crippen LogP contribution in [0.25, 0.3) is 0 Å². The van der Waals surface area contributed by atoms with Gasteiger partial charge < -0.3 is 5.32 Å². The highest BCUT2D eigenvalue weighted by atomic mass is 32.2. The highest BCUT2D eigenvalue weighted by Crippen LogP contribution is 2.10. The van der Waals surface area contributed by atoms with E-state index in [9.17, 15) is 9.59 Å². The van der Waals surface area contributed by atoms with Gasteiger partial charge in [-0.2, -0.15) is 0 Å². The molecular formula is C20H19NO2S. The molecule has 4 heteroatoms. The van der Waals surface area contributed by atoms with E-state index in [1.807, 2.05) is 30.3 Å². The minimum absolute atomic E-state index is 0.0165. The highest BCUT2D eigenvalue weighted by molar-refractivity contribution is 7.99. The van der Waals surface area contributed by atoms with Crippen LogP contribution >= 0.6 is 11.8 Å². The smallest absolute Gasteiger partial charge is 0.230 e. The topological polar surface area (TPSA) is 46.2 Å². The molecule has 2 rings (SSSR count). The van der Waals surface area contributed by atoms with Crippen LogP contribution in [0.15, 0.2) is 54.6 Å². The van der Waals surface area contributed by atoms with E-state index in [0.29, 0.717) is 17.9 Å². The van der Waals surface area contributed by atoms with Crippen LogP contribution in [0, 0.1) is 11.8 Å². The van der Waals surface area contributed by atoms with E-state index in [1.165, 1.54) is 12.5 Å². The molecule has 0 spiro atoms. The Kier molecular flexibility index (Phi) is 7.13. The van der Waals surface area contributed by atoms with Crippen LogP contribution in [0.2, 0.25) is 0 Å². The third-order valence-electron chi connectivity index (χ3n) is 3.24. The molecule has 2 aromatic rings. The molecule has 0 aliphatic carbocycles. The number of benzene rings is 2. The van der Waals surface area contributed by atoms with Crippen LogP contribution < -0.4 is 5.32 Å².